The van der Waals surface area contributed by atoms with Crippen LogP contribution in [0.5, 0.6) is 0 Å². The van der Waals surface area contributed by atoms with Crippen molar-refractivity contribution < 1.29 is 14.7 Å². The number of rotatable bonds is 8. The van der Waals surface area contributed by atoms with Gasteiger partial charge in [-0.1, -0.05) is 42.8 Å². The Balaban J connectivity index is 1.31. The Morgan fingerprint density at radius 2 is 1.82 bits per heavy atom. The molecule has 6 rings (SSSR count). The summed E-state index contributed by atoms with van der Waals surface area (Å²) in [6.07, 6.45) is 10.0. The monoisotopic (exact) mass is 537 g/mol. The molecule has 2 aromatic heterocycles. The topological polar surface area (TPSA) is 93.2 Å². The number of hydrogen-bond acceptors (Lipinski definition) is 4. The van der Waals surface area contributed by atoms with E-state index in [0.29, 0.717) is 17.2 Å². The molecule has 1 amide bonds. The summed E-state index contributed by atoms with van der Waals surface area (Å²) in [6, 6.07) is 18.0. The Morgan fingerprint density at radius 3 is 2.58 bits per heavy atom. The van der Waals surface area contributed by atoms with Gasteiger partial charge in [0.15, 0.2) is 0 Å². The second-order valence-electron chi connectivity index (χ2n) is 11.1. The van der Waals surface area contributed by atoms with E-state index in [1.807, 2.05) is 66.5 Å². The number of carbonyl (C=O) groups is 2. The summed E-state index contributed by atoms with van der Waals surface area (Å²) in [5.41, 5.74) is 5.54. The molecule has 8 nitrogen and oxygen atoms in total. The van der Waals surface area contributed by atoms with Crippen molar-refractivity contribution in [2.24, 2.45) is 7.05 Å². The summed E-state index contributed by atoms with van der Waals surface area (Å²) < 4.78 is 3.67. The quantitative estimate of drug-likeness (QED) is 0.296. The summed E-state index contributed by atoms with van der Waals surface area (Å²) in [5.74, 6) is -0.612. The van der Waals surface area contributed by atoms with Crippen molar-refractivity contribution in [3.63, 3.8) is 0 Å². The van der Waals surface area contributed by atoms with Gasteiger partial charge in [-0.3, -0.25) is 9.48 Å². The van der Waals surface area contributed by atoms with E-state index >= 15 is 0 Å². The smallest absolute Gasteiger partial charge is 0.337 e. The van der Waals surface area contributed by atoms with E-state index in [0.717, 1.165) is 66.9 Å². The fourth-order valence-corrected chi connectivity index (χ4v) is 6.32. The van der Waals surface area contributed by atoms with Gasteiger partial charge in [-0.25, -0.2) is 4.79 Å². The van der Waals surface area contributed by atoms with Crippen LogP contribution in [0.1, 0.15) is 89.4 Å². The molecule has 8 heteroatoms. The van der Waals surface area contributed by atoms with Crippen LogP contribution in [0.4, 0.5) is 0 Å². The van der Waals surface area contributed by atoms with Crippen LogP contribution in [-0.2, 0) is 7.05 Å². The van der Waals surface area contributed by atoms with Gasteiger partial charge in [0.25, 0.3) is 5.91 Å². The number of nitrogens with zero attached hydrogens (tertiary/aromatic N) is 5. The second-order valence-corrected chi connectivity index (χ2v) is 11.1. The predicted octanol–water partition coefficient (Wildman–Crippen LogP) is 6.04. The standard InChI is InChI=1S/C32H35N5O3/c1-3-8-24-12-4-5-15-37(24)31(38)23-11-6-9-21(17-23)22-10-7-13-25(18-22)36-16-14-26(32(39)40)30(36)28-19-27(28)29-20-35(2)34-33-29/h6-7,9-11,13-14,16-18,20,24,27-28H,3-5,8,12,15,19H2,1-2H3,(H,39,40)/t24-,27-,28-/m1/s1. The number of benzene rings is 2. The zero-order valence-electron chi connectivity index (χ0n) is 23.0. The lowest BCUT2D eigenvalue weighted by Crippen LogP contribution is -2.43. The third-order valence-corrected chi connectivity index (χ3v) is 8.38. The minimum absolute atomic E-state index is 0.0583. The Labute approximate surface area is 234 Å². The molecule has 1 aliphatic carbocycles. The van der Waals surface area contributed by atoms with Gasteiger partial charge in [-0.05, 0) is 73.6 Å². The molecule has 40 heavy (non-hydrogen) atoms. The van der Waals surface area contributed by atoms with Crippen LogP contribution >= 0.6 is 0 Å². The minimum atomic E-state index is -0.931. The van der Waals surface area contributed by atoms with Gasteiger partial charge in [0, 0.05) is 60.8 Å². The summed E-state index contributed by atoms with van der Waals surface area (Å²) in [5, 5.41) is 18.3. The number of hydrogen-bond donors (Lipinski definition) is 1. The van der Waals surface area contributed by atoms with E-state index < -0.39 is 5.97 Å². The summed E-state index contributed by atoms with van der Waals surface area (Å²) in [6.45, 7) is 3.00. The highest BCUT2D eigenvalue weighted by molar-refractivity contribution is 5.96. The van der Waals surface area contributed by atoms with Crippen LogP contribution in [0.2, 0.25) is 0 Å². The third-order valence-electron chi connectivity index (χ3n) is 8.38. The molecule has 0 bridgehead atoms. The predicted molar refractivity (Wildman–Crippen MR) is 153 cm³/mol. The number of carboxylic acid groups (broad SMARTS) is 1. The second kappa shape index (κ2) is 10.8. The third kappa shape index (κ3) is 4.94. The zero-order valence-corrected chi connectivity index (χ0v) is 23.0. The molecule has 1 saturated carbocycles. The average Bonchev–Trinajstić information content (AvgIpc) is 3.41. The van der Waals surface area contributed by atoms with Crippen molar-refractivity contribution in [3.05, 3.63) is 89.5 Å². The van der Waals surface area contributed by atoms with Crippen LogP contribution in [0.15, 0.2) is 67.0 Å². The molecule has 4 aromatic rings. The van der Waals surface area contributed by atoms with Crippen molar-refractivity contribution >= 4 is 11.9 Å². The fraction of sp³-hybridized carbons (Fsp3) is 0.375. The highest BCUT2D eigenvalue weighted by Gasteiger charge is 2.45. The van der Waals surface area contributed by atoms with Gasteiger partial charge < -0.3 is 14.6 Å². The van der Waals surface area contributed by atoms with E-state index in [9.17, 15) is 14.7 Å². The first-order valence-corrected chi connectivity index (χ1v) is 14.3. The van der Waals surface area contributed by atoms with Crippen LogP contribution < -0.4 is 0 Å². The SMILES string of the molecule is CCC[C@@H]1CCCCN1C(=O)c1cccc(-c2cccc(-n3ccc(C(=O)O)c3[C@@H]3C[C@H]3c3cn(C)nn3)c2)c1. The fourth-order valence-electron chi connectivity index (χ4n) is 6.32. The number of aryl methyl sites for hydroxylation is 1. The van der Waals surface area contributed by atoms with Crippen molar-refractivity contribution in [1.82, 2.24) is 24.5 Å². The van der Waals surface area contributed by atoms with Gasteiger partial charge >= 0.3 is 5.97 Å². The Kier molecular flexibility index (Phi) is 7.00. The molecule has 2 aliphatic rings. The first-order valence-electron chi connectivity index (χ1n) is 14.3. The van der Waals surface area contributed by atoms with Crippen LogP contribution in [0.25, 0.3) is 16.8 Å². The molecule has 1 aliphatic heterocycles. The molecule has 1 N–H and O–H groups in total. The minimum Gasteiger partial charge on any atom is -0.478 e. The number of likely N-dealkylation sites (tertiary alicyclic amines) is 1. The van der Waals surface area contributed by atoms with Gasteiger partial charge in [0.05, 0.1) is 11.3 Å². The summed E-state index contributed by atoms with van der Waals surface area (Å²) >= 11 is 0. The number of amides is 1. The Bertz CT molecular complexity index is 1550. The first-order chi connectivity index (χ1) is 19.4. The number of aromatic carboxylic acids is 1. The lowest BCUT2D eigenvalue weighted by molar-refractivity contribution is 0.0600. The molecule has 0 radical (unpaired) electrons. The number of carbonyl (C=O) groups excluding carboxylic acids is 1. The molecule has 2 fully saturated rings. The van der Waals surface area contributed by atoms with E-state index in [4.69, 9.17) is 0 Å². The molecule has 3 heterocycles. The van der Waals surface area contributed by atoms with Crippen molar-refractivity contribution in [3.8, 4) is 16.8 Å². The van der Waals surface area contributed by atoms with Crippen LogP contribution in [0, 0.1) is 0 Å². The van der Waals surface area contributed by atoms with Gasteiger partial charge in [0.2, 0.25) is 0 Å². The number of aromatic nitrogens is 4. The van der Waals surface area contributed by atoms with Crippen LogP contribution in [-0.4, -0.2) is 54.0 Å². The average molecular weight is 538 g/mol. The van der Waals surface area contributed by atoms with Crippen molar-refractivity contribution in [2.75, 3.05) is 6.54 Å². The normalized spacial score (nSPS) is 20.4. The van der Waals surface area contributed by atoms with E-state index in [-0.39, 0.29) is 17.7 Å². The lowest BCUT2D eigenvalue weighted by Gasteiger charge is -2.36. The summed E-state index contributed by atoms with van der Waals surface area (Å²) in [7, 11) is 1.84. The number of piperidine rings is 1. The summed E-state index contributed by atoms with van der Waals surface area (Å²) in [4.78, 5) is 27.8. The number of carboxylic acids is 1. The Morgan fingerprint density at radius 1 is 1.02 bits per heavy atom. The molecule has 0 unspecified atom stereocenters. The van der Waals surface area contributed by atoms with Gasteiger partial charge in [0.1, 0.15) is 0 Å². The highest BCUT2D eigenvalue weighted by Crippen LogP contribution is 2.55. The van der Waals surface area contributed by atoms with Crippen molar-refractivity contribution in [1.29, 1.82) is 0 Å². The van der Waals surface area contributed by atoms with E-state index in [1.54, 1.807) is 10.7 Å². The first kappa shape index (κ1) is 26.0. The molecule has 2 aromatic carbocycles. The molecule has 3 atom stereocenters. The van der Waals surface area contributed by atoms with Crippen LogP contribution in [0.3, 0.4) is 0 Å². The molecule has 0 spiro atoms. The molecular formula is C32H35N5O3. The molecule has 206 valence electrons. The molecule has 1 saturated heterocycles. The largest absolute Gasteiger partial charge is 0.478 e. The molecular weight excluding hydrogens is 502 g/mol. The zero-order chi connectivity index (χ0) is 27.8. The maximum Gasteiger partial charge on any atom is 0.337 e. The van der Waals surface area contributed by atoms with Gasteiger partial charge in [-0.2, -0.15) is 0 Å². The van der Waals surface area contributed by atoms with E-state index in [2.05, 4.69) is 28.2 Å². The Hall–Kier alpha value is -4.20. The highest BCUT2D eigenvalue weighted by atomic mass is 16.4. The maximum absolute atomic E-state index is 13.6. The van der Waals surface area contributed by atoms with Gasteiger partial charge in [-0.15, -0.1) is 5.10 Å². The lowest BCUT2D eigenvalue weighted by atomic mass is 9.96. The van der Waals surface area contributed by atoms with E-state index in [1.165, 1.54) is 6.42 Å². The maximum atomic E-state index is 13.6. The van der Waals surface area contributed by atoms with Crippen molar-refractivity contribution in [2.45, 2.75) is 63.3 Å².